The van der Waals surface area contributed by atoms with Crippen molar-refractivity contribution in [3.05, 3.63) is 23.8 Å². The number of anilines is 1. The molecule has 0 radical (unpaired) electrons. The highest BCUT2D eigenvalue weighted by Crippen LogP contribution is 2.29. The fourth-order valence-corrected chi connectivity index (χ4v) is 3.46. The van der Waals surface area contributed by atoms with Crippen LogP contribution in [-0.2, 0) is 14.8 Å². The molecule has 24 heavy (non-hydrogen) atoms. The number of esters is 1. The number of carbonyl (C=O) groups is 1. The minimum Gasteiger partial charge on any atom is -0.444 e. The third-order valence-corrected chi connectivity index (χ3v) is 5.69. The first kappa shape index (κ1) is 18.2. The van der Waals surface area contributed by atoms with Gasteiger partial charge in [0.05, 0.1) is 16.1 Å². The molecule has 0 aliphatic carbocycles. The first-order chi connectivity index (χ1) is 11.3. The topological polar surface area (TPSA) is 90.7 Å². The maximum Gasteiger partial charge on any atom is 0.341 e. The Morgan fingerprint density at radius 3 is 2.50 bits per heavy atom. The number of hydrogen-bond acceptors (Lipinski definition) is 6. The molecule has 0 amide bonds. The number of ether oxygens (including phenoxy) is 1. The second-order valence-corrected chi connectivity index (χ2v) is 7.99. The summed E-state index contributed by atoms with van der Waals surface area (Å²) in [5.41, 5.74) is 0.808. The van der Waals surface area contributed by atoms with E-state index in [0.717, 1.165) is 30.2 Å². The normalized spacial score (nSPS) is 16.0. The van der Waals surface area contributed by atoms with E-state index >= 15 is 0 Å². The molecule has 0 unspecified atom stereocenters. The molecule has 2 rings (SSSR count). The van der Waals surface area contributed by atoms with Gasteiger partial charge in [-0.05, 0) is 38.0 Å². The summed E-state index contributed by atoms with van der Waals surface area (Å²) >= 11 is 0. The van der Waals surface area contributed by atoms with Crippen LogP contribution in [0.15, 0.2) is 23.1 Å². The van der Waals surface area contributed by atoms with E-state index in [9.17, 15) is 13.2 Å². The predicted octanol–water partition coefficient (Wildman–Crippen LogP) is 1.61. The van der Waals surface area contributed by atoms with Gasteiger partial charge in [0.2, 0.25) is 10.0 Å². The van der Waals surface area contributed by atoms with E-state index in [1.165, 1.54) is 33.2 Å². The zero-order chi connectivity index (χ0) is 17.9. The summed E-state index contributed by atoms with van der Waals surface area (Å²) < 4.78 is 30.8. The largest absolute Gasteiger partial charge is 0.444 e. The lowest BCUT2D eigenvalue weighted by molar-refractivity contribution is 0.0436. The number of benzene rings is 1. The third-order valence-electron chi connectivity index (χ3n) is 3.88. The van der Waals surface area contributed by atoms with Crippen LogP contribution < -0.4 is 4.90 Å². The van der Waals surface area contributed by atoms with Crippen molar-refractivity contribution < 1.29 is 17.9 Å². The zero-order valence-corrected chi connectivity index (χ0v) is 14.8. The summed E-state index contributed by atoms with van der Waals surface area (Å²) in [7, 11) is -0.805. The van der Waals surface area contributed by atoms with E-state index in [1.54, 1.807) is 6.07 Å². The molecule has 7 nitrogen and oxygen atoms in total. The quantitative estimate of drug-likeness (QED) is 0.749. The van der Waals surface area contributed by atoms with E-state index in [1.807, 2.05) is 11.0 Å². The zero-order valence-electron chi connectivity index (χ0n) is 14.0. The minimum atomic E-state index is -3.67. The van der Waals surface area contributed by atoms with Crippen molar-refractivity contribution in [2.75, 3.05) is 32.1 Å². The molecule has 0 aromatic heterocycles. The van der Waals surface area contributed by atoms with Gasteiger partial charge in [0, 0.05) is 27.2 Å². The molecule has 1 heterocycles. The molecule has 0 spiro atoms. The standard InChI is InChI=1S/C16H21N3O4S/c1-12(11-17)23-16(20)14-10-13(24(21,22)18(2)3)6-7-15(14)19-8-4-5-9-19/h6-7,10,12H,4-5,8-9H2,1-3H3/t12-/m1/s1. The van der Waals surface area contributed by atoms with Gasteiger partial charge in [0.1, 0.15) is 6.07 Å². The first-order valence-electron chi connectivity index (χ1n) is 7.69. The lowest BCUT2D eigenvalue weighted by Gasteiger charge is -2.22. The van der Waals surface area contributed by atoms with E-state index in [2.05, 4.69) is 0 Å². The van der Waals surface area contributed by atoms with Gasteiger partial charge in [-0.2, -0.15) is 5.26 Å². The van der Waals surface area contributed by atoms with Crippen LogP contribution in [-0.4, -0.2) is 52.0 Å². The van der Waals surface area contributed by atoms with Crippen LogP contribution in [0.4, 0.5) is 5.69 Å². The van der Waals surface area contributed by atoms with Crippen molar-refractivity contribution in [3.8, 4) is 6.07 Å². The summed E-state index contributed by atoms with van der Waals surface area (Å²) in [5.74, 6) is -0.693. The average molecular weight is 351 g/mol. The van der Waals surface area contributed by atoms with E-state index in [0.29, 0.717) is 5.69 Å². The molecule has 1 saturated heterocycles. The van der Waals surface area contributed by atoms with Gasteiger partial charge in [-0.25, -0.2) is 17.5 Å². The maximum absolute atomic E-state index is 12.4. The van der Waals surface area contributed by atoms with Crippen LogP contribution in [0, 0.1) is 11.3 Å². The molecule has 1 aliphatic rings. The number of nitriles is 1. The summed E-state index contributed by atoms with van der Waals surface area (Å²) in [6.45, 7) is 3.07. The minimum absolute atomic E-state index is 0.0204. The molecule has 1 aromatic rings. The van der Waals surface area contributed by atoms with Gasteiger partial charge in [-0.3, -0.25) is 0 Å². The fraction of sp³-hybridized carbons (Fsp3) is 0.500. The van der Waals surface area contributed by atoms with Gasteiger partial charge in [-0.1, -0.05) is 0 Å². The molecule has 0 bridgehead atoms. The number of hydrogen-bond donors (Lipinski definition) is 0. The Morgan fingerprint density at radius 2 is 1.96 bits per heavy atom. The Bertz CT molecular complexity index is 762. The number of carbonyl (C=O) groups excluding carboxylic acids is 1. The number of nitrogens with zero attached hydrogens (tertiary/aromatic N) is 3. The molecular formula is C16H21N3O4S. The van der Waals surface area contributed by atoms with Crippen LogP contribution in [0.3, 0.4) is 0 Å². The average Bonchev–Trinajstić information content (AvgIpc) is 3.08. The third kappa shape index (κ3) is 3.68. The predicted molar refractivity (Wildman–Crippen MR) is 89.3 cm³/mol. The molecule has 1 aliphatic heterocycles. The van der Waals surface area contributed by atoms with Crippen molar-refractivity contribution in [3.63, 3.8) is 0 Å². The second kappa shape index (κ2) is 7.20. The van der Waals surface area contributed by atoms with E-state index in [-0.39, 0.29) is 10.5 Å². The van der Waals surface area contributed by atoms with Crippen molar-refractivity contribution >= 4 is 21.7 Å². The van der Waals surface area contributed by atoms with Gasteiger partial charge in [-0.15, -0.1) is 0 Å². The lowest BCUT2D eigenvalue weighted by atomic mass is 10.1. The van der Waals surface area contributed by atoms with Crippen molar-refractivity contribution in [1.82, 2.24) is 4.31 Å². The Morgan fingerprint density at radius 1 is 1.33 bits per heavy atom. The van der Waals surface area contributed by atoms with E-state index < -0.39 is 22.1 Å². The number of rotatable bonds is 5. The highest BCUT2D eigenvalue weighted by atomic mass is 32.2. The van der Waals surface area contributed by atoms with Crippen LogP contribution >= 0.6 is 0 Å². The summed E-state index contributed by atoms with van der Waals surface area (Å²) in [6, 6.07) is 6.29. The molecule has 0 saturated carbocycles. The Kier molecular flexibility index (Phi) is 5.47. The molecule has 8 heteroatoms. The fourth-order valence-electron chi connectivity index (χ4n) is 2.53. The maximum atomic E-state index is 12.4. The Balaban J connectivity index is 2.49. The van der Waals surface area contributed by atoms with E-state index in [4.69, 9.17) is 10.00 Å². The molecule has 1 aromatic carbocycles. The Hall–Kier alpha value is -2.11. The van der Waals surface area contributed by atoms with Crippen LogP contribution in [0.1, 0.15) is 30.1 Å². The van der Waals surface area contributed by atoms with Gasteiger partial charge < -0.3 is 9.64 Å². The van der Waals surface area contributed by atoms with Crippen LogP contribution in [0.2, 0.25) is 0 Å². The second-order valence-electron chi connectivity index (χ2n) is 5.84. The van der Waals surface area contributed by atoms with Crippen molar-refractivity contribution in [2.45, 2.75) is 30.8 Å². The van der Waals surface area contributed by atoms with Gasteiger partial charge in [0.25, 0.3) is 0 Å². The van der Waals surface area contributed by atoms with Gasteiger partial charge >= 0.3 is 5.97 Å². The SMILES string of the molecule is C[C@H](C#N)OC(=O)c1cc(S(=O)(=O)N(C)C)ccc1N1CCCC1. The van der Waals surface area contributed by atoms with Crippen LogP contribution in [0.5, 0.6) is 0 Å². The molecule has 130 valence electrons. The van der Waals surface area contributed by atoms with Gasteiger partial charge in [0.15, 0.2) is 6.10 Å². The summed E-state index contributed by atoms with van der Waals surface area (Å²) in [4.78, 5) is 14.5. The molecule has 1 atom stereocenters. The van der Waals surface area contributed by atoms with Crippen LogP contribution in [0.25, 0.3) is 0 Å². The summed E-state index contributed by atoms with van der Waals surface area (Å²) in [5, 5.41) is 8.83. The molecule has 1 fully saturated rings. The first-order valence-corrected chi connectivity index (χ1v) is 9.13. The smallest absolute Gasteiger partial charge is 0.341 e. The van der Waals surface area contributed by atoms with Crippen molar-refractivity contribution in [2.24, 2.45) is 0 Å². The summed E-state index contributed by atoms with van der Waals surface area (Å²) in [6.07, 6.45) is 1.12. The van der Waals surface area contributed by atoms with Crippen molar-refractivity contribution in [1.29, 1.82) is 5.26 Å². The highest BCUT2D eigenvalue weighted by molar-refractivity contribution is 7.89. The Labute approximate surface area is 142 Å². The number of sulfonamides is 1. The monoisotopic (exact) mass is 351 g/mol. The molecular weight excluding hydrogens is 330 g/mol. The lowest BCUT2D eigenvalue weighted by Crippen LogP contribution is -2.25. The highest BCUT2D eigenvalue weighted by Gasteiger charge is 2.26. The molecule has 0 N–H and O–H groups in total.